The Morgan fingerprint density at radius 2 is 1.57 bits per heavy atom. The minimum atomic E-state index is -0.527. The number of nitrogens with one attached hydrogen (secondary N) is 1. The summed E-state index contributed by atoms with van der Waals surface area (Å²) < 4.78 is 11.1. The number of hydrogen-bond donors (Lipinski definition) is 1. The van der Waals surface area contributed by atoms with Crippen molar-refractivity contribution in [3.8, 4) is 11.5 Å². The number of benzene rings is 4. The molecule has 4 aromatic rings. The Balaban J connectivity index is 1.73. The quantitative estimate of drug-likeness (QED) is 0.445. The third kappa shape index (κ3) is 2.82. The molecular weight excluding hydrogens is 370 g/mol. The monoisotopic (exact) mass is 393 g/mol. The molecule has 0 spiro atoms. The molecular formula is C27H23NO2. The maximum absolute atomic E-state index is 5.74. The van der Waals surface area contributed by atoms with E-state index >= 15 is 0 Å². The van der Waals surface area contributed by atoms with Crippen LogP contribution >= 0.6 is 0 Å². The van der Waals surface area contributed by atoms with Crippen molar-refractivity contribution in [2.45, 2.75) is 5.54 Å². The lowest BCUT2D eigenvalue weighted by Crippen LogP contribution is -2.36. The second-order valence-corrected chi connectivity index (χ2v) is 7.45. The number of methoxy groups -OCH3 is 2. The van der Waals surface area contributed by atoms with Gasteiger partial charge in [-0.25, -0.2) is 0 Å². The summed E-state index contributed by atoms with van der Waals surface area (Å²) >= 11 is 0. The van der Waals surface area contributed by atoms with Crippen molar-refractivity contribution in [3.05, 3.63) is 108 Å². The van der Waals surface area contributed by atoms with Gasteiger partial charge in [0.25, 0.3) is 0 Å². The maximum Gasteiger partial charge on any atom is 0.125 e. The highest BCUT2D eigenvalue weighted by atomic mass is 16.5. The Morgan fingerprint density at radius 3 is 2.37 bits per heavy atom. The van der Waals surface area contributed by atoms with E-state index in [1.54, 1.807) is 14.2 Å². The molecule has 148 valence electrons. The highest BCUT2D eigenvalue weighted by Crippen LogP contribution is 2.45. The lowest BCUT2D eigenvalue weighted by molar-refractivity contribution is 0.405. The number of ether oxygens (including phenoxy) is 2. The molecule has 4 aromatic carbocycles. The molecule has 0 aliphatic carbocycles. The van der Waals surface area contributed by atoms with Crippen molar-refractivity contribution in [1.29, 1.82) is 0 Å². The van der Waals surface area contributed by atoms with E-state index in [0.717, 1.165) is 33.7 Å². The van der Waals surface area contributed by atoms with Crippen molar-refractivity contribution in [3.63, 3.8) is 0 Å². The van der Waals surface area contributed by atoms with E-state index in [-0.39, 0.29) is 0 Å². The molecule has 1 heterocycles. The summed E-state index contributed by atoms with van der Waals surface area (Å²) in [6.07, 6.45) is 4.46. The number of rotatable bonds is 4. The van der Waals surface area contributed by atoms with Crippen molar-refractivity contribution < 1.29 is 9.47 Å². The summed E-state index contributed by atoms with van der Waals surface area (Å²) in [6, 6.07) is 29.2. The van der Waals surface area contributed by atoms with Crippen molar-refractivity contribution in [2.75, 3.05) is 19.5 Å². The molecule has 3 nitrogen and oxygen atoms in total. The maximum atomic E-state index is 5.74. The molecule has 0 fully saturated rings. The molecule has 0 amide bonds. The van der Waals surface area contributed by atoms with E-state index in [1.165, 1.54) is 10.9 Å². The van der Waals surface area contributed by atoms with Crippen LogP contribution in [0.15, 0.2) is 91.0 Å². The molecule has 1 aliphatic rings. The zero-order chi connectivity index (χ0) is 20.6. The van der Waals surface area contributed by atoms with Gasteiger partial charge in [0.15, 0.2) is 0 Å². The third-order valence-corrected chi connectivity index (χ3v) is 5.86. The average molecular weight is 393 g/mol. The van der Waals surface area contributed by atoms with Crippen LogP contribution < -0.4 is 14.8 Å². The first-order chi connectivity index (χ1) is 14.7. The van der Waals surface area contributed by atoms with Crippen LogP contribution in [0.2, 0.25) is 0 Å². The van der Waals surface area contributed by atoms with E-state index in [9.17, 15) is 0 Å². The fourth-order valence-corrected chi connectivity index (χ4v) is 4.36. The first kappa shape index (κ1) is 18.3. The topological polar surface area (TPSA) is 30.5 Å². The molecule has 3 heteroatoms. The van der Waals surface area contributed by atoms with Gasteiger partial charge in [-0.1, -0.05) is 66.7 Å². The van der Waals surface area contributed by atoms with E-state index in [4.69, 9.17) is 9.47 Å². The van der Waals surface area contributed by atoms with E-state index in [1.807, 2.05) is 24.3 Å². The molecule has 1 atom stereocenters. The normalized spacial score (nSPS) is 17.3. The van der Waals surface area contributed by atoms with Crippen LogP contribution in [-0.4, -0.2) is 14.2 Å². The Morgan fingerprint density at radius 1 is 0.767 bits per heavy atom. The van der Waals surface area contributed by atoms with Gasteiger partial charge in [0.2, 0.25) is 0 Å². The molecule has 1 aliphatic heterocycles. The fraction of sp³-hybridized carbons (Fsp3) is 0.111. The van der Waals surface area contributed by atoms with Gasteiger partial charge < -0.3 is 14.8 Å². The summed E-state index contributed by atoms with van der Waals surface area (Å²) in [7, 11) is 3.42. The molecule has 0 aromatic heterocycles. The summed E-state index contributed by atoms with van der Waals surface area (Å²) in [4.78, 5) is 0. The molecule has 0 bridgehead atoms. The standard InChI is InChI=1S/C27H23NO2/c1-29-21-13-14-22-19(18-21)12-15-25-23(22)16-17-27(28-25,20-8-4-3-5-9-20)24-10-6-7-11-26(24)30-2/h3-18,28H,1-2H3. The Kier molecular flexibility index (Phi) is 4.44. The van der Waals surface area contributed by atoms with Crippen LogP contribution in [-0.2, 0) is 5.54 Å². The smallest absolute Gasteiger partial charge is 0.125 e. The van der Waals surface area contributed by atoms with Gasteiger partial charge in [0.05, 0.1) is 14.2 Å². The highest BCUT2D eigenvalue weighted by Gasteiger charge is 2.36. The summed E-state index contributed by atoms with van der Waals surface area (Å²) in [5.74, 6) is 1.72. The predicted molar refractivity (Wildman–Crippen MR) is 123 cm³/mol. The zero-order valence-corrected chi connectivity index (χ0v) is 17.1. The minimum absolute atomic E-state index is 0.527. The zero-order valence-electron chi connectivity index (χ0n) is 17.1. The Bertz CT molecular complexity index is 1250. The summed E-state index contributed by atoms with van der Waals surface area (Å²) in [6.45, 7) is 0. The van der Waals surface area contributed by atoms with Crippen LogP contribution in [0.3, 0.4) is 0 Å². The Labute approximate surface area is 176 Å². The number of hydrogen-bond acceptors (Lipinski definition) is 3. The number of anilines is 1. The van der Waals surface area contributed by atoms with Crippen molar-refractivity contribution in [1.82, 2.24) is 0 Å². The minimum Gasteiger partial charge on any atom is -0.497 e. The molecule has 0 saturated heterocycles. The van der Waals surface area contributed by atoms with Crippen molar-refractivity contribution >= 4 is 22.5 Å². The first-order valence-corrected chi connectivity index (χ1v) is 10.0. The second kappa shape index (κ2) is 7.27. The predicted octanol–water partition coefficient (Wildman–Crippen LogP) is 6.24. The van der Waals surface area contributed by atoms with Crippen LogP contribution in [0.25, 0.3) is 16.8 Å². The average Bonchev–Trinajstić information content (AvgIpc) is 2.83. The summed E-state index contributed by atoms with van der Waals surface area (Å²) in [5.41, 5.74) is 3.98. The van der Waals surface area contributed by atoms with Gasteiger partial charge >= 0.3 is 0 Å². The lowest BCUT2D eigenvalue weighted by atomic mass is 9.79. The Hall–Kier alpha value is -3.72. The molecule has 30 heavy (non-hydrogen) atoms. The van der Waals surface area contributed by atoms with Crippen LogP contribution in [0.5, 0.6) is 11.5 Å². The molecule has 1 N–H and O–H groups in total. The van der Waals surface area contributed by atoms with Gasteiger partial charge in [-0.15, -0.1) is 0 Å². The van der Waals surface area contributed by atoms with Crippen LogP contribution in [0.1, 0.15) is 16.7 Å². The molecule has 1 unspecified atom stereocenters. The first-order valence-electron chi connectivity index (χ1n) is 10.0. The van der Waals surface area contributed by atoms with Crippen molar-refractivity contribution in [2.24, 2.45) is 0 Å². The third-order valence-electron chi connectivity index (χ3n) is 5.86. The highest BCUT2D eigenvalue weighted by molar-refractivity contribution is 5.98. The van der Waals surface area contributed by atoms with Gasteiger partial charge in [-0.3, -0.25) is 0 Å². The molecule has 0 saturated carbocycles. The van der Waals surface area contributed by atoms with Gasteiger partial charge in [0, 0.05) is 16.8 Å². The SMILES string of the molecule is COc1ccc2c3c(ccc2c1)NC(c1ccccc1)(c1ccccc1OC)C=C3. The van der Waals surface area contributed by atoms with Gasteiger partial charge in [-0.2, -0.15) is 0 Å². The van der Waals surface area contributed by atoms with E-state index < -0.39 is 5.54 Å². The fourth-order valence-electron chi connectivity index (χ4n) is 4.36. The number of para-hydroxylation sites is 1. The van der Waals surface area contributed by atoms with E-state index in [2.05, 4.69) is 78.1 Å². The van der Waals surface area contributed by atoms with Crippen LogP contribution in [0.4, 0.5) is 5.69 Å². The molecule has 0 radical (unpaired) electrons. The van der Waals surface area contributed by atoms with Crippen LogP contribution in [0, 0.1) is 0 Å². The van der Waals surface area contributed by atoms with Gasteiger partial charge in [0.1, 0.15) is 17.0 Å². The summed E-state index contributed by atoms with van der Waals surface area (Å²) in [5, 5.41) is 6.19. The largest absolute Gasteiger partial charge is 0.497 e. The van der Waals surface area contributed by atoms with Gasteiger partial charge in [-0.05, 0) is 46.7 Å². The second-order valence-electron chi connectivity index (χ2n) is 7.45. The van der Waals surface area contributed by atoms with E-state index in [0.29, 0.717) is 0 Å². The molecule has 5 rings (SSSR count). The number of fused-ring (bicyclic) bond motifs is 3. The lowest BCUT2D eigenvalue weighted by Gasteiger charge is -2.38.